The van der Waals surface area contributed by atoms with E-state index < -0.39 is 0 Å². The Morgan fingerprint density at radius 2 is 1.48 bits per heavy atom. The van der Waals surface area contributed by atoms with Gasteiger partial charge in [-0.1, -0.05) is 60.7 Å². The second kappa shape index (κ2) is 10.5. The molecular weight excluding hydrogens is 561 g/mol. The van der Waals surface area contributed by atoms with Gasteiger partial charge in [0.2, 0.25) is 0 Å². The SMILES string of the molecule is [CH2-]COc1ccc(C2(c3ccc(OCCO)cc3)C3=C(C=CCC3)c3ccccc32)cc1.[Ho]. The van der Waals surface area contributed by atoms with Gasteiger partial charge in [-0.05, 0) is 77.1 Å². The number of aliphatic hydroxyl groups excluding tert-OH is 1. The fraction of sp³-hybridized carbons (Fsp3) is 0.207. The van der Waals surface area contributed by atoms with Gasteiger partial charge in [-0.2, -0.15) is 0 Å². The first-order valence-electron chi connectivity index (χ1n) is 11.2. The Morgan fingerprint density at radius 3 is 2.12 bits per heavy atom. The molecule has 1 radical (unpaired) electrons. The van der Waals surface area contributed by atoms with Gasteiger partial charge < -0.3 is 21.5 Å². The maximum absolute atomic E-state index is 9.09. The van der Waals surface area contributed by atoms with Crippen LogP contribution in [-0.4, -0.2) is 24.9 Å². The van der Waals surface area contributed by atoms with Crippen LogP contribution in [-0.2, 0) is 5.41 Å². The van der Waals surface area contributed by atoms with Crippen molar-refractivity contribution >= 4 is 5.57 Å². The average Bonchev–Trinajstić information content (AvgIpc) is 3.15. The van der Waals surface area contributed by atoms with Crippen molar-refractivity contribution < 1.29 is 52.3 Å². The number of hydrogen-bond acceptors (Lipinski definition) is 3. The summed E-state index contributed by atoms with van der Waals surface area (Å²) in [6.07, 6.45) is 6.62. The molecule has 0 saturated heterocycles. The average molecular weight is 588 g/mol. The minimum atomic E-state index is -0.366. The van der Waals surface area contributed by atoms with Gasteiger partial charge in [-0.15, -0.1) is 0 Å². The zero-order chi connectivity index (χ0) is 22.0. The van der Waals surface area contributed by atoms with Crippen LogP contribution in [0, 0.1) is 44.7 Å². The first-order chi connectivity index (χ1) is 15.8. The summed E-state index contributed by atoms with van der Waals surface area (Å²) in [6.45, 7) is 4.49. The minimum Gasteiger partial charge on any atom is -0.525 e. The van der Waals surface area contributed by atoms with E-state index in [0.717, 1.165) is 24.3 Å². The predicted molar refractivity (Wildman–Crippen MR) is 128 cm³/mol. The Morgan fingerprint density at radius 1 is 0.848 bits per heavy atom. The van der Waals surface area contributed by atoms with Crippen LogP contribution in [0.4, 0.5) is 0 Å². The van der Waals surface area contributed by atoms with Crippen LogP contribution in [0.3, 0.4) is 0 Å². The maximum Gasteiger partial charge on any atom is 0.119 e. The molecule has 3 aromatic rings. The molecule has 0 spiro atoms. The molecule has 2 aliphatic rings. The van der Waals surface area contributed by atoms with Gasteiger partial charge in [0.1, 0.15) is 18.1 Å². The maximum atomic E-state index is 9.09. The largest absolute Gasteiger partial charge is 0.525 e. The monoisotopic (exact) mass is 588 g/mol. The van der Waals surface area contributed by atoms with E-state index in [1.54, 1.807) is 0 Å². The van der Waals surface area contributed by atoms with E-state index in [9.17, 15) is 0 Å². The van der Waals surface area contributed by atoms with Crippen LogP contribution < -0.4 is 9.47 Å². The van der Waals surface area contributed by atoms with Crippen LogP contribution >= 0.6 is 0 Å². The molecule has 1 N–H and O–H groups in total. The second-order valence-electron chi connectivity index (χ2n) is 8.10. The predicted octanol–water partition coefficient (Wildman–Crippen LogP) is 5.72. The van der Waals surface area contributed by atoms with Gasteiger partial charge >= 0.3 is 0 Å². The van der Waals surface area contributed by atoms with Crippen molar-refractivity contribution in [2.75, 3.05) is 19.8 Å². The quantitative estimate of drug-likeness (QED) is 0.284. The van der Waals surface area contributed by atoms with E-state index in [0.29, 0.717) is 13.2 Å². The van der Waals surface area contributed by atoms with Crippen molar-refractivity contribution in [2.24, 2.45) is 0 Å². The Balaban J connectivity index is 0.00000259. The van der Waals surface area contributed by atoms with Gasteiger partial charge in [0.25, 0.3) is 0 Å². The topological polar surface area (TPSA) is 38.7 Å². The number of hydrogen-bond donors (Lipinski definition) is 1. The Hall–Kier alpha value is -2.04. The molecule has 0 amide bonds. The first-order valence-corrected chi connectivity index (χ1v) is 11.2. The van der Waals surface area contributed by atoms with Crippen molar-refractivity contribution in [1.29, 1.82) is 0 Å². The van der Waals surface area contributed by atoms with Crippen LogP contribution in [0.1, 0.15) is 35.1 Å². The molecule has 4 heteroatoms. The summed E-state index contributed by atoms with van der Waals surface area (Å²) in [6, 6.07) is 25.6. The second-order valence-corrected chi connectivity index (χ2v) is 8.10. The molecule has 0 heterocycles. The van der Waals surface area contributed by atoms with Gasteiger partial charge in [-0.3, -0.25) is 0 Å². The number of ether oxygens (including phenoxy) is 2. The molecule has 1 atom stereocenters. The zero-order valence-electron chi connectivity index (χ0n) is 18.4. The Kier molecular flexibility index (Phi) is 7.65. The van der Waals surface area contributed by atoms with E-state index >= 15 is 0 Å². The van der Waals surface area contributed by atoms with Crippen molar-refractivity contribution in [3.05, 3.63) is 120 Å². The summed E-state index contributed by atoms with van der Waals surface area (Å²) in [5, 5.41) is 9.09. The first kappa shape index (κ1) is 24.1. The summed E-state index contributed by atoms with van der Waals surface area (Å²) < 4.78 is 11.3. The molecular formula is C29H27HoO3-. The molecule has 3 aromatic carbocycles. The zero-order valence-corrected chi connectivity index (χ0v) is 20.3. The molecule has 0 fully saturated rings. The van der Waals surface area contributed by atoms with Crippen molar-refractivity contribution in [2.45, 2.75) is 18.3 Å². The van der Waals surface area contributed by atoms with Crippen LogP contribution in [0.25, 0.3) is 5.57 Å². The van der Waals surface area contributed by atoms with Crippen LogP contribution in [0.2, 0.25) is 0 Å². The third-order valence-corrected chi connectivity index (χ3v) is 6.45. The van der Waals surface area contributed by atoms with E-state index in [4.69, 9.17) is 14.6 Å². The third kappa shape index (κ3) is 4.17. The number of benzene rings is 3. The Bertz CT molecular complexity index is 1160. The molecule has 1 unspecified atom stereocenters. The summed E-state index contributed by atoms with van der Waals surface area (Å²) in [5.74, 6) is 1.59. The fourth-order valence-electron chi connectivity index (χ4n) is 5.22. The van der Waals surface area contributed by atoms with Gasteiger partial charge in [0, 0.05) is 37.7 Å². The summed E-state index contributed by atoms with van der Waals surface area (Å²) >= 11 is 0. The fourth-order valence-corrected chi connectivity index (χ4v) is 5.22. The number of aliphatic hydroxyl groups is 1. The summed E-state index contributed by atoms with van der Waals surface area (Å²) in [5.41, 5.74) is 7.47. The molecule has 173 valence electrons. The van der Waals surface area contributed by atoms with Crippen molar-refractivity contribution in [3.63, 3.8) is 0 Å². The third-order valence-electron chi connectivity index (χ3n) is 6.45. The molecule has 2 aliphatic carbocycles. The molecule has 0 aromatic heterocycles. The molecule has 0 aliphatic heterocycles. The van der Waals surface area contributed by atoms with E-state index in [1.165, 1.54) is 33.4 Å². The van der Waals surface area contributed by atoms with Gasteiger partial charge in [-0.25, -0.2) is 0 Å². The van der Waals surface area contributed by atoms with Crippen LogP contribution in [0.5, 0.6) is 11.5 Å². The summed E-state index contributed by atoms with van der Waals surface area (Å²) in [7, 11) is 0. The number of fused-ring (bicyclic) bond motifs is 2. The Labute approximate surface area is 225 Å². The van der Waals surface area contributed by atoms with Gasteiger partial charge in [0.05, 0.1) is 12.0 Å². The van der Waals surface area contributed by atoms with Crippen molar-refractivity contribution in [1.82, 2.24) is 0 Å². The molecule has 0 bridgehead atoms. The molecule has 5 rings (SSSR count). The minimum absolute atomic E-state index is 0. The normalized spacial score (nSPS) is 18.4. The molecule has 0 saturated carbocycles. The van der Waals surface area contributed by atoms with E-state index in [1.807, 2.05) is 24.3 Å². The van der Waals surface area contributed by atoms with E-state index in [2.05, 4.69) is 67.6 Å². The standard InChI is InChI=1S/C29H27O3.Ho/c1-2-31-23-15-11-21(12-16-23)29(22-13-17-24(18-14-22)32-20-19-30)27-9-5-3-7-25(27)26-8-4-6-10-28(26)29;/h3-5,7-9,11-18,30H,1-2,6,10,19-20H2;/q-1;. The van der Waals surface area contributed by atoms with E-state index in [-0.39, 0.29) is 49.8 Å². The summed E-state index contributed by atoms with van der Waals surface area (Å²) in [4.78, 5) is 0. The van der Waals surface area contributed by atoms with Crippen LogP contribution in [0.15, 0.2) is 90.5 Å². The number of allylic oxidation sites excluding steroid dienone is 4. The van der Waals surface area contributed by atoms with Gasteiger partial charge in [0.15, 0.2) is 0 Å². The molecule has 3 nitrogen and oxygen atoms in total. The van der Waals surface area contributed by atoms with Crippen molar-refractivity contribution in [3.8, 4) is 11.5 Å². The number of rotatable bonds is 7. The smallest absolute Gasteiger partial charge is 0.119 e. The molecule has 33 heavy (non-hydrogen) atoms.